The van der Waals surface area contributed by atoms with Gasteiger partial charge in [-0.2, -0.15) is 4.72 Å². The number of rotatable bonds is 11. The van der Waals surface area contributed by atoms with Crippen LogP contribution in [0.2, 0.25) is 4.34 Å². The standard InChI is InChI=1S/C26H30ClN5O7S2.ClH/c1-4-16-17(32-13-11-18(33)23(32)35)7-6-8-20(16)41(37,38)30-26(25(36)39-5-2,24-28-12-14-31(24)3)15-29-22(34)19-9-10-21(27)40-19;/h6-10,12,14,18,30,33H,4-5,11,13,15H2,1-3H3,(H,29,34);1H/t18-,26+;/m0./s1. The number of aromatic nitrogens is 2. The molecular weight excluding hydrogens is 629 g/mol. The van der Waals surface area contributed by atoms with Crippen molar-refractivity contribution in [2.24, 2.45) is 7.05 Å². The second kappa shape index (κ2) is 13.5. The van der Waals surface area contributed by atoms with E-state index in [4.69, 9.17) is 16.3 Å². The van der Waals surface area contributed by atoms with Gasteiger partial charge in [-0.15, -0.1) is 23.7 Å². The van der Waals surface area contributed by atoms with E-state index in [1.807, 2.05) is 0 Å². The van der Waals surface area contributed by atoms with Crippen LogP contribution >= 0.6 is 35.3 Å². The maximum absolute atomic E-state index is 14.1. The third-order valence-corrected chi connectivity index (χ3v) is 9.47. The lowest BCUT2D eigenvalue weighted by Gasteiger charge is -2.32. The largest absolute Gasteiger partial charge is 0.464 e. The summed E-state index contributed by atoms with van der Waals surface area (Å²) >= 11 is 6.99. The fourth-order valence-electron chi connectivity index (χ4n) is 4.74. The molecule has 1 aromatic carbocycles. The fourth-order valence-corrected chi connectivity index (χ4v) is 7.34. The van der Waals surface area contributed by atoms with Crippen LogP contribution in [-0.4, -0.2) is 66.7 Å². The minimum absolute atomic E-state index is 0. The molecule has 4 rings (SSSR count). The molecule has 0 radical (unpaired) electrons. The second-order valence-electron chi connectivity index (χ2n) is 9.28. The van der Waals surface area contributed by atoms with Crippen molar-refractivity contribution in [2.45, 2.75) is 43.2 Å². The molecule has 42 heavy (non-hydrogen) atoms. The first-order valence-electron chi connectivity index (χ1n) is 12.8. The third kappa shape index (κ3) is 6.48. The lowest BCUT2D eigenvalue weighted by Crippen LogP contribution is -2.60. The van der Waals surface area contributed by atoms with Crippen LogP contribution in [0.3, 0.4) is 0 Å². The minimum atomic E-state index is -4.53. The van der Waals surface area contributed by atoms with E-state index in [-0.39, 0.29) is 54.0 Å². The Morgan fingerprint density at radius 3 is 2.55 bits per heavy atom. The molecule has 3 aromatic rings. The van der Waals surface area contributed by atoms with E-state index in [2.05, 4.69) is 15.0 Å². The minimum Gasteiger partial charge on any atom is -0.464 e. The van der Waals surface area contributed by atoms with Crippen LogP contribution < -0.4 is 14.9 Å². The van der Waals surface area contributed by atoms with Crippen molar-refractivity contribution in [2.75, 3.05) is 24.6 Å². The van der Waals surface area contributed by atoms with Crippen molar-refractivity contribution in [3.8, 4) is 0 Å². The summed E-state index contributed by atoms with van der Waals surface area (Å²) < 4.78 is 37.9. The Hall–Kier alpha value is -3.01. The molecule has 2 amide bonds. The number of anilines is 1. The highest BCUT2D eigenvalue weighted by Gasteiger charge is 2.49. The predicted octanol–water partition coefficient (Wildman–Crippen LogP) is 2.38. The van der Waals surface area contributed by atoms with E-state index in [0.29, 0.717) is 15.6 Å². The molecule has 1 aliphatic heterocycles. The van der Waals surface area contributed by atoms with Crippen molar-refractivity contribution >= 4 is 68.8 Å². The summed E-state index contributed by atoms with van der Waals surface area (Å²) in [6, 6.07) is 7.51. The zero-order valence-corrected chi connectivity index (χ0v) is 26.2. The number of aliphatic hydroxyl groups is 1. The van der Waals surface area contributed by atoms with Crippen LogP contribution in [0.1, 0.15) is 41.3 Å². The van der Waals surface area contributed by atoms with Crippen molar-refractivity contribution in [3.63, 3.8) is 0 Å². The Morgan fingerprint density at radius 2 is 2.00 bits per heavy atom. The molecule has 228 valence electrons. The van der Waals surface area contributed by atoms with Gasteiger partial charge >= 0.3 is 5.97 Å². The van der Waals surface area contributed by atoms with Gasteiger partial charge in [0.15, 0.2) is 0 Å². The van der Waals surface area contributed by atoms with E-state index < -0.39 is 46.0 Å². The van der Waals surface area contributed by atoms with Gasteiger partial charge in [-0.05, 0) is 43.2 Å². The Kier molecular flexibility index (Phi) is 10.8. The topological polar surface area (TPSA) is 160 Å². The molecule has 3 N–H and O–H groups in total. The summed E-state index contributed by atoms with van der Waals surface area (Å²) in [6.07, 6.45) is 2.19. The highest BCUT2D eigenvalue weighted by atomic mass is 35.5. The number of nitrogens with one attached hydrogen (secondary N) is 2. The first-order valence-corrected chi connectivity index (χ1v) is 15.5. The number of halogens is 2. The van der Waals surface area contributed by atoms with Crippen LogP contribution in [0.25, 0.3) is 0 Å². The summed E-state index contributed by atoms with van der Waals surface area (Å²) in [6.45, 7) is 2.92. The van der Waals surface area contributed by atoms with Crippen molar-refractivity contribution in [1.82, 2.24) is 19.6 Å². The Bertz CT molecular complexity index is 1580. The number of carbonyl (C=O) groups excluding carboxylic acids is 3. The maximum atomic E-state index is 14.1. The number of thiophene rings is 1. The SMILES string of the molecule is CCOC(=O)[C@](CNC(=O)c1ccc(Cl)s1)(NS(=O)(=O)c1cccc(N2CC[C@H](O)C2=O)c1CC)c1nccn1C.Cl. The van der Waals surface area contributed by atoms with Gasteiger partial charge < -0.3 is 24.6 Å². The zero-order chi connectivity index (χ0) is 29.9. The van der Waals surface area contributed by atoms with Crippen LogP contribution in [-0.2, 0) is 43.4 Å². The van der Waals surface area contributed by atoms with Crippen LogP contribution in [0, 0.1) is 0 Å². The third-order valence-electron chi connectivity index (χ3n) is 6.67. The van der Waals surface area contributed by atoms with E-state index in [1.165, 1.54) is 40.1 Å². The lowest BCUT2D eigenvalue weighted by atomic mass is 9.99. The number of amides is 2. The number of carbonyl (C=O) groups is 3. The van der Waals surface area contributed by atoms with Gasteiger partial charge in [0.05, 0.1) is 27.3 Å². The molecule has 0 unspecified atom stereocenters. The molecule has 16 heteroatoms. The van der Waals surface area contributed by atoms with Crippen LogP contribution in [0.4, 0.5) is 5.69 Å². The van der Waals surface area contributed by atoms with Gasteiger partial charge in [0.2, 0.25) is 15.6 Å². The monoisotopic (exact) mass is 659 g/mol. The van der Waals surface area contributed by atoms with Crippen LogP contribution in [0.15, 0.2) is 47.6 Å². The summed E-state index contributed by atoms with van der Waals surface area (Å²) in [5.41, 5.74) is -1.51. The first-order chi connectivity index (χ1) is 19.4. The summed E-state index contributed by atoms with van der Waals surface area (Å²) in [5, 5.41) is 12.6. The predicted molar refractivity (Wildman–Crippen MR) is 160 cm³/mol. The molecule has 0 saturated carbocycles. The van der Waals surface area contributed by atoms with E-state index in [9.17, 15) is 27.9 Å². The van der Waals surface area contributed by atoms with Gasteiger partial charge in [-0.3, -0.25) is 9.59 Å². The molecular formula is C26H31Cl2N5O7S2. The molecule has 1 fully saturated rings. The summed E-state index contributed by atoms with van der Waals surface area (Å²) in [4.78, 5) is 44.8. The average molecular weight is 661 g/mol. The number of imidazole rings is 1. The fraction of sp³-hybridized carbons (Fsp3) is 0.385. The summed E-state index contributed by atoms with van der Waals surface area (Å²) in [5.74, 6) is -2.09. The Labute approximate surface area is 258 Å². The zero-order valence-electron chi connectivity index (χ0n) is 23.0. The number of nitrogens with zero attached hydrogens (tertiary/aromatic N) is 3. The van der Waals surface area contributed by atoms with Gasteiger partial charge in [0, 0.05) is 38.1 Å². The first kappa shape index (κ1) is 33.5. The van der Waals surface area contributed by atoms with Gasteiger partial charge in [0.1, 0.15) is 11.9 Å². The molecule has 2 atom stereocenters. The molecule has 2 aromatic heterocycles. The Morgan fingerprint density at radius 1 is 1.26 bits per heavy atom. The van der Waals surface area contributed by atoms with Gasteiger partial charge in [-0.25, -0.2) is 18.2 Å². The molecule has 0 aliphatic carbocycles. The molecule has 3 heterocycles. The highest BCUT2D eigenvalue weighted by molar-refractivity contribution is 7.89. The van der Waals surface area contributed by atoms with Gasteiger partial charge in [-0.1, -0.05) is 24.6 Å². The number of ether oxygens (including phenoxy) is 1. The van der Waals surface area contributed by atoms with Crippen molar-refractivity contribution in [1.29, 1.82) is 0 Å². The smallest absolute Gasteiger partial charge is 0.337 e. The molecule has 0 spiro atoms. The number of benzene rings is 1. The van der Waals surface area contributed by atoms with Gasteiger partial charge in [0.25, 0.3) is 11.8 Å². The number of sulfonamides is 1. The van der Waals surface area contributed by atoms with Crippen molar-refractivity contribution < 1.29 is 32.6 Å². The lowest BCUT2D eigenvalue weighted by molar-refractivity contribution is -0.151. The van der Waals surface area contributed by atoms with Crippen molar-refractivity contribution in [3.05, 3.63) is 63.3 Å². The maximum Gasteiger partial charge on any atom is 0.337 e. The number of aryl methyl sites for hydroxylation is 1. The number of hydrogen-bond acceptors (Lipinski definition) is 9. The van der Waals surface area contributed by atoms with Crippen LogP contribution in [0.5, 0.6) is 0 Å². The molecule has 0 bridgehead atoms. The number of hydrogen-bond donors (Lipinski definition) is 3. The normalized spacial score (nSPS) is 16.5. The quantitative estimate of drug-likeness (QED) is 0.265. The molecule has 12 nitrogen and oxygen atoms in total. The van der Waals surface area contributed by atoms with E-state index >= 15 is 0 Å². The number of esters is 1. The second-order valence-corrected chi connectivity index (χ2v) is 12.6. The van der Waals surface area contributed by atoms with E-state index in [0.717, 1.165) is 11.3 Å². The Balaban J connectivity index is 0.00000484. The molecule has 1 aliphatic rings. The average Bonchev–Trinajstić information content (AvgIpc) is 3.66. The molecule has 1 saturated heterocycles. The number of aliphatic hydroxyl groups excluding tert-OH is 1. The van der Waals surface area contributed by atoms with E-state index in [1.54, 1.807) is 33.0 Å². The highest BCUT2D eigenvalue weighted by Crippen LogP contribution is 2.33. The summed E-state index contributed by atoms with van der Waals surface area (Å²) in [7, 11) is -2.96.